The van der Waals surface area contributed by atoms with E-state index in [2.05, 4.69) is 5.32 Å². The van der Waals surface area contributed by atoms with Gasteiger partial charge in [-0.25, -0.2) is 4.39 Å². The first-order chi connectivity index (χ1) is 16.2. The molecular formula is C28H28FNO4. The second-order valence-electron chi connectivity index (χ2n) is 9.20. The lowest BCUT2D eigenvalue weighted by atomic mass is 9.83. The summed E-state index contributed by atoms with van der Waals surface area (Å²) in [7, 11) is 0. The van der Waals surface area contributed by atoms with Crippen molar-refractivity contribution in [1.82, 2.24) is 5.32 Å². The lowest BCUT2D eigenvalue weighted by Gasteiger charge is -2.43. The fraction of sp³-hybridized carbons (Fsp3) is 0.286. The maximum atomic E-state index is 13.3. The minimum absolute atomic E-state index is 0.119. The number of aryl methyl sites for hydroxylation is 2. The Morgan fingerprint density at radius 2 is 1.68 bits per heavy atom. The summed E-state index contributed by atoms with van der Waals surface area (Å²) >= 11 is 0. The molecule has 1 aliphatic heterocycles. The number of hydrogen-bond acceptors (Lipinski definition) is 4. The van der Waals surface area contributed by atoms with Crippen LogP contribution in [0.25, 0.3) is 0 Å². The standard InChI is InChI=1S/C28H28FNO4/c1-17(31)21-15-20(10-9-18-7-5-4-6-8-18)25-23(16-21)24(26(32)28(2,3)34-25)30-27(33)19-11-13-22(29)14-12-19/h4-8,11-16,24,26,32H,9-10H2,1-3H3,(H,30,33)/t24-,26+/m1/s1. The Kier molecular flexibility index (Phi) is 6.53. The SMILES string of the molecule is CC(=O)c1cc(CCc2ccccc2)c2c(c1)[C@@H](NC(=O)c1ccc(F)cc1)[C@H](O)C(C)(C)O2. The van der Waals surface area contributed by atoms with Gasteiger partial charge in [-0.15, -0.1) is 0 Å². The van der Waals surface area contributed by atoms with Crippen LogP contribution in [0.4, 0.5) is 4.39 Å². The predicted octanol–water partition coefficient (Wildman–Crippen LogP) is 4.82. The molecule has 6 heteroatoms. The highest BCUT2D eigenvalue weighted by molar-refractivity contribution is 5.96. The number of halogens is 1. The molecular weight excluding hydrogens is 433 g/mol. The van der Waals surface area contributed by atoms with Gasteiger partial charge in [-0.2, -0.15) is 0 Å². The van der Waals surface area contributed by atoms with E-state index in [1.165, 1.54) is 31.2 Å². The number of aliphatic hydroxyl groups excluding tert-OH is 1. The largest absolute Gasteiger partial charge is 0.484 e. The number of amides is 1. The smallest absolute Gasteiger partial charge is 0.251 e. The van der Waals surface area contributed by atoms with Crippen LogP contribution < -0.4 is 10.1 Å². The topological polar surface area (TPSA) is 75.6 Å². The highest BCUT2D eigenvalue weighted by Crippen LogP contribution is 2.43. The molecule has 0 aliphatic carbocycles. The van der Waals surface area contributed by atoms with Crippen LogP contribution in [0.1, 0.15) is 64.2 Å². The molecule has 0 unspecified atom stereocenters. The van der Waals surface area contributed by atoms with E-state index in [4.69, 9.17) is 4.74 Å². The summed E-state index contributed by atoms with van der Waals surface area (Å²) in [5.74, 6) is -0.442. The fourth-order valence-electron chi connectivity index (χ4n) is 4.26. The van der Waals surface area contributed by atoms with E-state index in [0.717, 1.165) is 17.5 Å². The average molecular weight is 462 g/mol. The molecule has 1 heterocycles. The van der Waals surface area contributed by atoms with Gasteiger partial charge in [-0.3, -0.25) is 9.59 Å². The number of Topliss-reactive ketones (excluding diaryl/α,β-unsaturated/α-hetero) is 1. The van der Waals surface area contributed by atoms with Crippen LogP contribution in [0.5, 0.6) is 5.75 Å². The van der Waals surface area contributed by atoms with Crippen LogP contribution in [0.3, 0.4) is 0 Å². The van der Waals surface area contributed by atoms with Gasteiger partial charge in [0.15, 0.2) is 5.78 Å². The zero-order valence-electron chi connectivity index (χ0n) is 19.5. The normalized spacial score (nSPS) is 18.5. The van der Waals surface area contributed by atoms with Gasteiger partial charge >= 0.3 is 0 Å². The van der Waals surface area contributed by atoms with Gasteiger partial charge in [0.25, 0.3) is 5.91 Å². The molecule has 4 rings (SSSR count). The Morgan fingerprint density at radius 3 is 2.32 bits per heavy atom. The zero-order chi connectivity index (χ0) is 24.5. The van der Waals surface area contributed by atoms with Gasteiger partial charge in [0, 0.05) is 16.7 Å². The summed E-state index contributed by atoms with van der Waals surface area (Å²) in [6.07, 6.45) is 0.292. The quantitative estimate of drug-likeness (QED) is 0.517. The van der Waals surface area contributed by atoms with Crippen molar-refractivity contribution in [2.24, 2.45) is 0 Å². The first-order valence-corrected chi connectivity index (χ1v) is 11.3. The number of aliphatic hydroxyl groups is 1. The molecule has 0 saturated carbocycles. The van der Waals surface area contributed by atoms with Gasteiger partial charge in [0.1, 0.15) is 23.3 Å². The number of carbonyl (C=O) groups excluding carboxylic acids is 2. The van der Waals surface area contributed by atoms with Crippen LogP contribution >= 0.6 is 0 Å². The molecule has 0 aromatic heterocycles. The summed E-state index contributed by atoms with van der Waals surface area (Å²) < 4.78 is 19.6. The molecule has 0 fully saturated rings. The molecule has 2 atom stereocenters. The number of carbonyl (C=O) groups is 2. The summed E-state index contributed by atoms with van der Waals surface area (Å²) in [6, 6.07) is 17.9. The molecule has 3 aromatic rings. The number of rotatable bonds is 6. The molecule has 0 saturated heterocycles. The molecule has 1 amide bonds. The molecule has 2 N–H and O–H groups in total. The third kappa shape index (κ3) is 4.87. The highest BCUT2D eigenvalue weighted by atomic mass is 19.1. The number of benzene rings is 3. The van der Waals surface area contributed by atoms with E-state index in [9.17, 15) is 19.1 Å². The van der Waals surface area contributed by atoms with Crippen molar-refractivity contribution in [3.63, 3.8) is 0 Å². The maximum absolute atomic E-state index is 13.3. The van der Waals surface area contributed by atoms with Gasteiger partial charge < -0.3 is 15.2 Å². The molecule has 3 aromatic carbocycles. The van der Waals surface area contributed by atoms with Crippen LogP contribution in [-0.2, 0) is 12.8 Å². The minimum atomic E-state index is -1.08. The Balaban J connectivity index is 1.74. The first-order valence-electron chi connectivity index (χ1n) is 11.3. The molecule has 0 spiro atoms. The van der Waals surface area contributed by atoms with Gasteiger partial charge in [0.05, 0.1) is 6.04 Å². The number of hydrogen-bond donors (Lipinski definition) is 2. The van der Waals surface area contributed by atoms with Crippen molar-refractivity contribution in [3.05, 3.63) is 100 Å². The summed E-state index contributed by atoms with van der Waals surface area (Å²) in [5.41, 5.74) is 2.31. The summed E-state index contributed by atoms with van der Waals surface area (Å²) in [4.78, 5) is 25.3. The number of ketones is 1. The fourth-order valence-corrected chi connectivity index (χ4v) is 4.26. The van der Waals surface area contributed by atoms with Crippen LogP contribution in [0, 0.1) is 5.82 Å². The highest BCUT2D eigenvalue weighted by Gasteiger charge is 2.44. The molecule has 34 heavy (non-hydrogen) atoms. The Hall–Kier alpha value is -3.51. The summed E-state index contributed by atoms with van der Waals surface area (Å²) in [5, 5.41) is 14.0. The van der Waals surface area contributed by atoms with Gasteiger partial charge in [-0.1, -0.05) is 30.3 Å². The van der Waals surface area contributed by atoms with Gasteiger partial charge in [-0.05, 0) is 81.1 Å². The van der Waals surface area contributed by atoms with E-state index in [1.807, 2.05) is 36.4 Å². The van der Waals surface area contributed by atoms with Crippen molar-refractivity contribution in [1.29, 1.82) is 0 Å². The first kappa shape index (κ1) is 23.6. The van der Waals surface area contributed by atoms with Crippen LogP contribution in [0.15, 0.2) is 66.7 Å². The average Bonchev–Trinajstić information content (AvgIpc) is 2.81. The third-order valence-electron chi connectivity index (χ3n) is 6.25. The van der Waals surface area contributed by atoms with Crippen molar-refractivity contribution in [2.45, 2.75) is 51.4 Å². The Bertz CT molecular complexity index is 1210. The second kappa shape index (κ2) is 9.39. The van der Waals surface area contributed by atoms with Crippen molar-refractivity contribution in [2.75, 3.05) is 0 Å². The maximum Gasteiger partial charge on any atom is 0.251 e. The Labute approximate surface area is 198 Å². The second-order valence-corrected chi connectivity index (χ2v) is 9.20. The zero-order valence-corrected chi connectivity index (χ0v) is 19.5. The lowest BCUT2D eigenvalue weighted by Crippen LogP contribution is -2.53. The van der Waals surface area contributed by atoms with Crippen LogP contribution in [-0.4, -0.2) is 28.5 Å². The van der Waals surface area contributed by atoms with Crippen molar-refractivity contribution < 1.29 is 23.8 Å². The molecule has 1 aliphatic rings. The van der Waals surface area contributed by atoms with E-state index >= 15 is 0 Å². The lowest BCUT2D eigenvalue weighted by molar-refractivity contribution is -0.0633. The number of fused-ring (bicyclic) bond motifs is 1. The monoisotopic (exact) mass is 461 g/mol. The predicted molar refractivity (Wildman–Crippen MR) is 128 cm³/mol. The van der Waals surface area contributed by atoms with Crippen molar-refractivity contribution in [3.8, 4) is 5.75 Å². The van der Waals surface area contributed by atoms with E-state index in [-0.39, 0.29) is 11.3 Å². The van der Waals surface area contributed by atoms with Crippen LogP contribution in [0.2, 0.25) is 0 Å². The van der Waals surface area contributed by atoms with Gasteiger partial charge in [0.2, 0.25) is 0 Å². The third-order valence-corrected chi connectivity index (χ3v) is 6.25. The van der Waals surface area contributed by atoms with E-state index < -0.39 is 29.5 Å². The minimum Gasteiger partial charge on any atom is -0.484 e. The number of ether oxygens (including phenoxy) is 1. The van der Waals surface area contributed by atoms with E-state index in [1.54, 1.807) is 19.9 Å². The molecule has 0 radical (unpaired) electrons. The number of nitrogens with one attached hydrogen (secondary N) is 1. The Morgan fingerprint density at radius 1 is 1.00 bits per heavy atom. The molecule has 176 valence electrons. The molecule has 0 bridgehead atoms. The van der Waals surface area contributed by atoms with Crippen molar-refractivity contribution >= 4 is 11.7 Å². The summed E-state index contributed by atoms with van der Waals surface area (Å²) in [6.45, 7) is 5.01. The van der Waals surface area contributed by atoms with E-state index in [0.29, 0.717) is 23.3 Å². The molecule has 5 nitrogen and oxygen atoms in total.